The highest BCUT2D eigenvalue weighted by atomic mass is 16.5. The number of ether oxygens (including phenoxy) is 1. The quantitative estimate of drug-likeness (QED) is 0.231. The number of carbonyl (C=O) groups excluding carboxylic acids is 1. The Morgan fingerprint density at radius 3 is 2.43 bits per heavy atom. The maximum Gasteiger partial charge on any atom is 0.221 e. The van der Waals surface area contributed by atoms with Crippen LogP contribution in [0.25, 0.3) is 10.9 Å². The van der Waals surface area contributed by atoms with Crippen LogP contribution in [-0.2, 0) is 17.9 Å². The molecule has 0 aliphatic heterocycles. The van der Waals surface area contributed by atoms with E-state index >= 15 is 0 Å². The molecule has 0 aliphatic rings. The van der Waals surface area contributed by atoms with Crippen LogP contribution in [-0.4, -0.2) is 17.6 Å². The summed E-state index contributed by atoms with van der Waals surface area (Å²) in [5.74, 6) is 1.75. The number of carbonyl (C=O) groups is 1. The van der Waals surface area contributed by atoms with Crippen LogP contribution >= 0.6 is 0 Å². The predicted molar refractivity (Wildman–Crippen MR) is 147 cm³/mol. The maximum atomic E-state index is 13.2. The van der Waals surface area contributed by atoms with Gasteiger partial charge >= 0.3 is 0 Å². The zero-order valence-corrected chi connectivity index (χ0v) is 21.3. The molecular formula is C32H32N2O3. The molecule has 1 N–H and O–H groups in total. The van der Waals surface area contributed by atoms with Gasteiger partial charge in [-0.2, -0.15) is 0 Å². The Kier molecular flexibility index (Phi) is 7.41. The van der Waals surface area contributed by atoms with Crippen LogP contribution in [0.5, 0.6) is 5.75 Å². The van der Waals surface area contributed by atoms with E-state index in [-0.39, 0.29) is 17.7 Å². The Bertz CT molecular complexity index is 1440. The first kappa shape index (κ1) is 24.4. The first-order valence-electron chi connectivity index (χ1n) is 12.7. The minimum Gasteiger partial charge on any atom is -0.497 e. The highest BCUT2D eigenvalue weighted by Crippen LogP contribution is 2.40. The molecule has 2 atom stereocenters. The van der Waals surface area contributed by atoms with Gasteiger partial charge in [-0.3, -0.25) is 4.79 Å². The summed E-state index contributed by atoms with van der Waals surface area (Å²) in [4.78, 5) is 13.2. The Hall–Kier alpha value is -4.25. The van der Waals surface area contributed by atoms with Crippen LogP contribution in [0.2, 0.25) is 0 Å². The fourth-order valence-corrected chi connectivity index (χ4v) is 5.04. The van der Waals surface area contributed by atoms with E-state index < -0.39 is 0 Å². The number of methoxy groups -OCH3 is 1. The summed E-state index contributed by atoms with van der Waals surface area (Å²) in [6.45, 7) is 3.34. The molecule has 188 valence electrons. The monoisotopic (exact) mass is 492 g/mol. The molecule has 37 heavy (non-hydrogen) atoms. The Balaban J connectivity index is 1.49. The molecule has 0 saturated carbocycles. The highest BCUT2D eigenvalue weighted by Gasteiger charge is 2.27. The van der Waals surface area contributed by atoms with Crippen molar-refractivity contribution >= 4 is 16.8 Å². The van der Waals surface area contributed by atoms with Gasteiger partial charge in [0.15, 0.2) is 0 Å². The van der Waals surface area contributed by atoms with Crippen LogP contribution < -0.4 is 10.1 Å². The van der Waals surface area contributed by atoms with Crippen molar-refractivity contribution in [3.63, 3.8) is 0 Å². The lowest BCUT2D eigenvalue weighted by molar-refractivity contribution is -0.121. The number of fused-ring (bicyclic) bond motifs is 1. The molecule has 0 aliphatic carbocycles. The molecule has 5 aromatic rings. The van der Waals surface area contributed by atoms with E-state index in [1.165, 1.54) is 22.1 Å². The van der Waals surface area contributed by atoms with Crippen LogP contribution in [0.1, 0.15) is 47.6 Å². The molecule has 0 fully saturated rings. The Morgan fingerprint density at radius 2 is 1.70 bits per heavy atom. The van der Waals surface area contributed by atoms with Crippen LogP contribution in [0.15, 0.2) is 108 Å². The smallest absolute Gasteiger partial charge is 0.221 e. The van der Waals surface area contributed by atoms with Crippen molar-refractivity contribution in [3.05, 3.63) is 126 Å². The van der Waals surface area contributed by atoms with E-state index in [1.807, 2.05) is 30.3 Å². The minimum atomic E-state index is 0.000943. The fraction of sp³-hybridized carbons (Fsp3) is 0.219. The summed E-state index contributed by atoms with van der Waals surface area (Å²) in [6.07, 6.45) is 4.24. The number of hydrogen-bond acceptors (Lipinski definition) is 3. The number of amides is 1. The van der Waals surface area contributed by atoms with Gasteiger partial charge in [0.05, 0.1) is 19.9 Å². The van der Waals surface area contributed by atoms with E-state index in [9.17, 15) is 4.79 Å². The standard InChI is InChI=1S/C32H32N2O3/c1-23(25-9-4-3-5-10-25)29(19-32(35)33-20-27-11-8-18-37-27)30-22-34(31-13-7-6-12-28(30)31)21-24-14-16-26(36-2)17-15-24/h3-18,22-23,29H,19-21H2,1-2H3,(H,33,35)/t23-,29+/m1/s1. The van der Waals surface area contributed by atoms with Crippen molar-refractivity contribution in [2.24, 2.45) is 0 Å². The molecule has 0 spiro atoms. The van der Waals surface area contributed by atoms with Gasteiger partial charge < -0.3 is 19.0 Å². The van der Waals surface area contributed by atoms with Gasteiger partial charge in [0.2, 0.25) is 5.91 Å². The van der Waals surface area contributed by atoms with Crippen LogP contribution in [0, 0.1) is 0 Å². The second kappa shape index (κ2) is 11.2. The number of rotatable bonds is 10. The third-order valence-electron chi connectivity index (χ3n) is 7.10. The largest absolute Gasteiger partial charge is 0.497 e. The summed E-state index contributed by atoms with van der Waals surface area (Å²) >= 11 is 0. The van der Waals surface area contributed by atoms with Crippen molar-refractivity contribution in [2.45, 2.75) is 38.3 Å². The normalized spacial score (nSPS) is 12.8. The second-order valence-corrected chi connectivity index (χ2v) is 9.44. The molecule has 3 aromatic carbocycles. The molecule has 0 radical (unpaired) electrons. The summed E-state index contributed by atoms with van der Waals surface area (Å²) in [6, 6.07) is 30.8. The number of hydrogen-bond donors (Lipinski definition) is 1. The molecule has 0 bridgehead atoms. The number of furan rings is 1. The molecule has 0 unspecified atom stereocenters. The summed E-state index contributed by atoms with van der Waals surface area (Å²) in [7, 11) is 1.68. The summed E-state index contributed by atoms with van der Waals surface area (Å²) in [5.41, 5.74) is 4.76. The zero-order valence-electron chi connectivity index (χ0n) is 21.3. The van der Waals surface area contributed by atoms with Crippen molar-refractivity contribution in [1.29, 1.82) is 0 Å². The van der Waals surface area contributed by atoms with Gasteiger partial charge in [-0.1, -0.05) is 67.6 Å². The van der Waals surface area contributed by atoms with E-state index in [4.69, 9.17) is 9.15 Å². The molecule has 1 amide bonds. The number of nitrogens with zero attached hydrogens (tertiary/aromatic N) is 1. The molecule has 0 saturated heterocycles. The number of nitrogens with one attached hydrogen (secondary N) is 1. The second-order valence-electron chi connectivity index (χ2n) is 9.44. The van der Waals surface area contributed by atoms with Gasteiger partial charge in [-0.05, 0) is 52.9 Å². The van der Waals surface area contributed by atoms with E-state index in [0.29, 0.717) is 13.0 Å². The topological polar surface area (TPSA) is 56.4 Å². The third kappa shape index (κ3) is 5.61. The summed E-state index contributed by atoms with van der Waals surface area (Å²) < 4.78 is 13.0. The van der Waals surface area contributed by atoms with E-state index in [1.54, 1.807) is 13.4 Å². The van der Waals surface area contributed by atoms with E-state index in [2.05, 4.69) is 83.7 Å². The average Bonchev–Trinajstić information content (AvgIpc) is 3.60. The zero-order chi connectivity index (χ0) is 25.6. The first-order chi connectivity index (χ1) is 18.1. The Labute approximate surface area is 217 Å². The summed E-state index contributed by atoms with van der Waals surface area (Å²) in [5, 5.41) is 4.23. The highest BCUT2D eigenvalue weighted by molar-refractivity contribution is 5.86. The molecule has 2 aromatic heterocycles. The predicted octanol–water partition coefficient (Wildman–Crippen LogP) is 6.89. The lowest BCUT2D eigenvalue weighted by Crippen LogP contribution is -2.26. The molecule has 5 nitrogen and oxygen atoms in total. The average molecular weight is 493 g/mol. The van der Waals surface area contributed by atoms with Gasteiger partial charge in [-0.25, -0.2) is 0 Å². The van der Waals surface area contributed by atoms with Crippen molar-refractivity contribution in [1.82, 2.24) is 9.88 Å². The number of para-hydroxylation sites is 1. The van der Waals surface area contributed by atoms with Crippen LogP contribution in [0.3, 0.4) is 0 Å². The number of aromatic nitrogens is 1. The molecule has 5 heteroatoms. The van der Waals surface area contributed by atoms with E-state index in [0.717, 1.165) is 23.6 Å². The van der Waals surface area contributed by atoms with Crippen molar-refractivity contribution in [3.8, 4) is 5.75 Å². The molecular weight excluding hydrogens is 460 g/mol. The lowest BCUT2D eigenvalue weighted by Gasteiger charge is -2.24. The van der Waals surface area contributed by atoms with Crippen molar-refractivity contribution in [2.75, 3.05) is 7.11 Å². The van der Waals surface area contributed by atoms with Gasteiger partial charge in [0.1, 0.15) is 11.5 Å². The minimum absolute atomic E-state index is 0.000943. The molecule has 2 heterocycles. The number of benzene rings is 3. The van der Waals surface area contributed by atoms with Gasteiger partial charge in [-0.15, -0.1) is 0 Å². The Morgan fingerprint density at radius 1 is 0.946 bits per heavy atom. The SMILES string of the molecule is COc1ccc(Cn2cc([C@@H](CC(=O)NCc3ccco3)[C@H](C)c3ccccc3)c3ccccc32)cc1. The first-order valence-corrected chi connectivity index (χ1v) is 12.7. The van der Waals surface area contributed by atoms with Crippen molar-refractivity contribution < 1.29 is 13.9 Å². The lowest BCUT2D eigenvalue weighted by atomic mass is 9.80. The molecule has 5 rings (SSSR count). The van der Waals surface area contributed by atoms with Gasteiger partial charge in [0, 0.05) is 36.0 Å². The van der Waals surface area contributed by atoms with Crippen LogP contribution in [0.4, 0.5) is 0 Å². The fourth-order valence-electron chi connectivity index (χ4n) is 5.04. The maximum absolute atomic E-state index is 13.2. The third-order valence-corrected chi connectivity index (χ3v) is 7.10. The van der Waals surface area contributed by atoms with Gasteiger partial charge in [0.25, 0.3) is 0 Å².